The molecule has 0 radical (unpaired) electrons. The average molecular weight is 389 g/mol. The van der Waals surface area contributed by atoms with Crippen molar-refractivity contribution in [2.75, 3.05) is 0 Å². The van der Waals surface area contributed by atoms with Crippen molar-refractivity contribution >= 4 is 20.9 Å². The SMILES string of the molecule is Cc1ccc(S(=O)(=O)NC(c2ccccc2)c2ccccn2)c2cccnc12. The molecular weight excluding hydrogens is 370 g/mol. The second kappa shape index (κ2) is 7.50. The number of nitrogens with one attached hydrogen (secondary N) is 1. The lowest BCUT2D eigenvalue weighted by atomic mass is 10.0. The summed E-state index contributed by atoms with van der Waals surface area (Å²) >= 11 is 0. The predicted octanol–water partition coefficient (Wildman–Crippen LogP) is 4.01. The third-order valence-electron chi connectivity index (χ3n) is 4.61. The number of nitrogens with zero attached hydrogens (tertiary/aromatic N) is 2. The van der Waals surface area contributed by atoms with Crippen molar-refractivity contribution in [1.82, 2.24) is 14.7 Å². The standard InChI is InChI=1S/C22H19N3O2S/c1-16-12-13-20(18-10-7-15-24-21(16)18)28(26,27)25-22(17-8-3-2-4-9-17)19-11-5-6-14-23-19/h2-15,22,25H,1H3. The number of hydrogen-bond donors (Lipinski definition) is 1. The highest BCUT2D eigenvalue weighted by Gasteiger charge is 2.25. The molecule has 2 aromatic heterocycles. The van der Waals surface area contributed by atoms with Gasteiger partial charge in [-0.2, -0.15) is 4.72 Å². The molecule has 1 unspecified atom stereocenters. The molecule has 0 fully saturated rings. The number of aromatic nitrogens is 2. The number of sulfonamides is 1. The Morgan fingerprint density at radius 1 is 0.821 bits per heavy atom. The second-order valence-electron chi connectivity index (χ2n) is 6.50. The Morgan fingerprint density at radius 2 is 1.57 bits per heavy atom. The van der Waals surface area contributed by atoms with Gasteiger partial charge in [-0.3, -0.25) is 9.97 Å². The largest absolute Gasteiger partial charge is 0.259 e. The monoisotopic (exact) mass is 389 g/mol. The molecule has 28 heavy (non-hydrogen) atoms. The van der Waals surface area contributed by atoms with E-state index in [1.54, 1.807) is 42.7 Å². The van der Waals surface area contributed by atoms with Crippen molar-refractivity contribution in [1.29, 1.82) is 0 Å². The zero-order valence-corrected chi connectivity index (χ0v) is 16.1. The summed E-state index contributed by atoms with van der Waals surface area (Å²) in [5.41, 5.74) is 3.06. The highest BCUT2D eigenvalue weighted by Crippen LogP contribution is 2.27. The first-order valence-electron chi connectivity index (χ1n) is 8.89. The molecule has 0 aliphatic heterocycles. The predicted molar refractivity (Wildman–Crippen MR) is 109 cm³/mol. The van der Waals surface area contributed by atoms with E-state index in [2.05, 4.69) is 14.7 Å². The van der Waals surface area contributed by atoms with Crippen LogP contribution in [0.3, 0.4) is 0 Å². The van der Waals surface area contributed by atoms with Gasteiger partial charge in [0.15, 0.2) is 0 Å². The Balaban J connectivity index is 1.82. The van der Waals surface area contributed by atoms with Gasteiger partial charge in [-0.1, -0.05) is 42.5 Å². The fourth-order valence-corrected chi connectivity index (χ4v) is 4.63. The zero-order valence-electron chi connectivity index (χ0n) is 15.3. The average Bonchev–Trinajstić information content (AvgIpc) is 2.73. The van der Waals surface area contributed by atoms with Crippen LogP contribution in [0, 0.1) is 6.92 Å². The van der Waals surface area contributed by atoms with Gasteiger partial charge in [0.1, 0.15) is 0 Å². The summed E-state index contributed by atoms with van der Waals surface area (Å²) < 4.78 is 29.5. The van der Waals surface area contributed by atoms with E-state index in [9.17, 15) is 8.42 Å². The minimum absolute atomic E-state index is 0.207. The Bertz CT molecular complexity index is 1170. The maximum Gasteiger partial charge on any atom is 0.242 e. The summed E-state index contributed by atoms with van der Waals surface area (Å²) in [5.74, 6) is 0. The lowest BCUT2D eigenvalue weighted by molar-refractivity contribution is 0.571. The van der Waals surface area contributed by atoms with E-state index >= 15 is 0 Å². The number of pyridine rings is 2. The summed E-state index contributed by atoms with van der Waals surface area (Å²) in [4.78, 5) is 8.92. The first-order chi connectivity index (χ1) is 13.6. The van der Waals surface area contributed by atoms with E-state index in [1.165, 1.54) is 0 Å². The van der Waals surface area contributed by atoms with Crippen LogP contribution in [0.1, 0.15) is 22.9 Å². The number of hydrogen-bond acceptors (Lipinski definition) is 4. The highest BCUT2D eigenvalue weighted by molar-refractivity contribution is 7.89. The van der Waals surface area contributed by atoms with Crippen molar-refractivity contribution in [3.8, 4) is 0 Å². The maximum absolute atomic E-state index is 13.3. The van der Waals surface area contributed by atoms with Crippen LogP contribution >= 0.6 is 0 Å². The van der Waals surface area contributed by atoms with Gasteiger partial charge in [-0.05, 0) is 48.4 Å². The molecule has 2 heterocycles. The van der Waals surface area contributed by atoms with E-state index in [1.807, 2.05) is 49.4 Å². The molecule has 6 heteroatoms. The van der Waals surface area contributed by atoms with E-state index in [-0.39, 0.29) is 4.90 Å². The fraction of sp³-hybridized carbons (Fsp3) is 0.0909. The molecule has 2 aromatic carbocycles. The second-order valence-corrected chi connectivity index (χ2v) is 8.18. The van der Waals surface area contributed by atoms with Crippen LogP contribution in [-0.2, 0) is 10.0 Å². The van der Waals surface area contributed by atoms with Crippen LogP contribution in [0.2, 0.25) is 0 Å². The minimum Gasteiger partial charge on any atom is -0.259 e. The van der Waals surface area contributed by atoms with Crippen molar-refractivity contribution < 1.29 is 8.42 Å². The molecule has 0 aliphatic rings. The topological polar surface area (TPSA) is 72.0 Å². The van der Waals surface area contributed by atoms with Crippen molar-refractivity contribution in [3.05, 3.63) is 102 Å². The number of aryl methyl sites for hydroxylation is 1. The third kappa shape index (κ3) is 3.52. The number of rotatable bonds is 5. The van der Waals surface area contributed by atoms with Gasteiger partial charge in [-0.25, -0.2) is 8.42 Å². The summed E-state index contributed by atoms with van der Waals surface area (Å²) in [6, 6.07) is 21.2. The molecule has 0 saturated heterocycles. The van der Waals surface area contributed by atoms with Gasteiger partial charge in [0.25, 0.3) is 0 Å². The minimum atomic E-state index is -3.83. The van der Waals surface area contributed by atoms with Gasteiger partial charge in [-0.15, -0.1) is 0 Å². The lowest BCUT2D eigenvalue weighted by Crippen LogP contribution is -2.30. The number of benzene rings is 2. The Morgan fingerprint density at radius 3 is 2.32 bits per heavy atom. The third-order valence-corrected chi connectivity index (χ3v) is 6.09. The van der Waals surface area contributed by atoms with Crippen LogP contribution in [0.5, 0.6) is 0 Å². The Hall–Kier alpha value is -3.09. The van der Waals surface area contributed by atoms with Crippen LogP contribution in [0.4, 0.5) is 0 Å². The summed E-state index contributed by atoms with van der Waals surface area (Å²) in [5, 5.41) is 0.600. The van der Waals surface area contributed by atoms with Crippen LogP contribution in [-0.4, -0.2) is 18.4 Å². The quantitative estimate of drug-likeness (QED) is 0.560. The van der Waals surface area contributed by atoms with Gasteiger partial charge in [0.05, 0.1) is 22.1 Å². The molecule has 1 atom stereocenters. The Labute approximate surface area is 164 Å². The highest BCUT2D eigenvalue weighted by atomic mass is 32.2. The molecule has 0 saturated carbocycles. The van der Waals surface area contributed by atoms with E-state index in [0.717, 1.165) is 11.1 Å². The lowest BCUT2D eigenvalue weighted by Gasteiger charge is -2.19. The zero-order chi connectivity index (χ0) is 19.6. The van der Waals surface area contributed by atoms with Crippen molar-refractivity contribution in [2.24, 2.45) is 0 Å². The van der Waals surface area contributed by atoms with E-state index < -0.39 is 16.1 Å². The molecule has 0 spiro atoms. The van der Waals surface area contributed by atoms with Crippen molar-refractivity contribution in [3.63, 3.8) is 0 Å². The summed E-state index contributed by atoms with van der Waals surface area (Å²) in [6.07, 6.45) is 3.32. The molecule has 0 aliphatic carbocycles. The first kappa shape index (κ1) is 18.3. The molecule has 0 amide bonds. The molecule has 1 N–H and O–H groups in total. The molecule has 5 nitrogen and oxygen atoms in total. The number of fused-ring (bicyclic) bond motifs is 1. The molecule has 0 bridgehead atoms. The van der Waals surface area contributed by atoms with Crippen molar-refractivity contribution in [2.45, 2.75) is 17.9 Å². The first-order valence-corrected chi connectivity index (χ1v) is 10.4. The van der Waals surface area contributed by atoms with E-state index in [4.69, 9.17) is 0 Å². The van der Waals surface area contributed by atoms with Crippen LogP contribution < -0.4 is 4.72 Å². The smallest absolute Gasteiger partial charge is 0.242 e. The van der Waals surface area contributed by atoms with Crippen LogP contribution in [0.25, 0.3) is 10.9 Å². The van der Waals surface area contributed by atoms with Gasteiger partial charge >= 0.3 is 0 Å². The fourth-order valence-electron chi connectivity index (χ4n) is 3.23. The van der Waals surface area contributed by atoms with Gasteiger partial charge in [0, 0.05) is 17.8 Å². The molecule has 140 valence electrons. The van der Waals surface area contributed by atoms with E-state index in [0.29, 0.717) is 16.6 Å². The molecule has 4 aromatic rings. The summed E-state index contributed by atoms with van der Waals surface area (Å²) in [7, 11) is -3.83. The summed E-state index contributed by atoms with van der Waals surface area (Å²) in [6.45, 7) is 1.92. The van der Waals surface area contributed by atoms with Crippen LogP contribution in [0.15, 0.2) is 90.1 Å². The molecule has 4 rings (SSSR count). The van der Waals surface area contributed by atoms with Gasteiger partial charge in [0.2, 0.25) is 10.0 Å². The maximum atomic E-state index is 13.3. The Kier molecular flexibility index (Phi) is 4.90. The molecular formula is C22H19N3O2S. The van der Waals surface area contributed by atoms with Gasteiger partial charge < -0.3 is 0 Å². The normalized spacial score (nSPS) is 12.8.